The molecule has 2 aliphatic rings. The van der Waals surface area contributed by atoms with E-state index in [-0.39, 0.29) is 12.1 Å². The quantitative estimate of drug-likeness (QED) is 0.727. The molecule has 2 fully saturated rings. The molecule has 19 heavy (non-hydrogen) atoms. The van der Waals surface area contributed by atoms with E-state index in [9.17, 15) is 0 Å². The Morgan fingerprint density at radius 3 is 2.63 bits per heavy atom. The monoisotopic (exact) mass is 268 g/mol. The predicted octanol–water partition coefficient (Wildman–Crippen LogP) is 2.38. The minimum absolute atomic E-state index is 0.0977. The fourth-order valence-electron chi connectivity index (χ4n) is 3.82. The first-order valence-corrected chi connectivity index (χ1v) is 8.23. The SMILES string of the molecule is CC(N)(CO)CCCCN1CCC2CCCCC2C1. The number of hydrogen-bond donors (Lipinski definition) is 2. The van der Waals surface area contributed by atoms with E-state index < -0.39 is 0 Å². The summed E-state index contributed by atoms with van der Waals surface area (Å²) in [7, 11) is 0. The van der Waals surface area contributed by atoms with Crippen molar-refractivity contribution in [1.29, 1.82) is 0 Å². The van der Waals surface area contributed by atoms with Gasteiger partial charge in [-0.25, -0.2) is 0 Å². The van der Waals surface area contributed by atoms with Gasteiger partial charge in [0.2, 0.25) is 0 Å². The molecule has 0 aromatic carbocycles. The Bertz CT molecular complexity index is 267. The van der Waals surface area contributed by atoms with Gasteiger partial charge in [0, 0.05) is 12.1 Å². The van der Waals surface area contributed by atoms with Gasteiger partial charge in [0.15, 0.2) is 0 Å². The second-order valence-corrected chi connectivity index (χ2v) is 7.16. The molecule has 0 radical (unpaired) electrons. The Labute approximate surface area is 118 Å². The molecule has 1 saturated heterocycles. The lowest BCUT2D eigenvalue weighted by atomic mass is 9.75. The maximum Gasteiger partial charge on any atom is 0.0608 e. The summed E-state index contributed by atoms with van der Waals surface area (Å²) in [5.41, 5.74) is 5.58. The summed E-state index contributed by atoms with van der Waals surface area (Å²) >= 11 is 0. The molecule has 1 aliphatic carbocycles. The van der Waals surface area contributed by atoms with Gasteiger partial charge in [0.05, 0.1) is 6.61 Å². The molecule has 1 saturated carbocycles. The van der Waals surface area contributed by atoms with Gasteiger partial charge in [-0.15, -0.1) is 0 Å². The Hall–Kier alpha value is -0.120. The van der Waals surface area contributed by atoms with E-state index in [2.05, 4.69) is 4.90 Å². The first-order valence-electron chi connectivity index (χ1n) is 8.23. The van der Waals surface area contributed by atoms with Crippen LogP contribution in [0.25, 0.3) is 0 Å². The van der Waals surface area contributed by atoms with Crippen molar-refractivity contribution in [1.82, 2.24) is 4.90 Å². The number of piperidine rings is 1. The molecular formula is C16H32N2O. The molecule has 3 heteroatoms. The van der Waals surface area contributed by atoms with Gasteiger partial charge >= 0.3 is 0 Å². The molecule has 0 spiro atoms. The number of unbranched alkanes of at least 4 members (excludes halogenated alkanes) is 1. The maximum atomic E-state index is 9.14. The normalized spacial score (nSPS) is 31.7. The summed E-state index contributed by atoms with van der Waals surface area (Å²) < 4.78 is 0. The molecule has 2 rings (SSSR count). The molecular weight excluding hydrogens is 236 g/mol. The Morgan fingerprint density at radius 1 is 1.16 bits per heavy atom. The average Bonchev–Trinajstić information content (AvgIpc) is 2.43. The fraction of sp³-hybridized carbons (Fsp3) is 1.00. The molecule has 3 N–H and O–H groups in total. The summed E-state index contributed by atoms with van der Waals surface area (Å²) in [4.78, 5) is 2.67. The molecule has 112 valence electrons. The van der Waals surface area contributed by atoms with Crippen LogP contribution in [0.4, 0.5) is 0 Å². The second-order valence-electron chi connectivity index (χ2n) is 7.16. The molecule has 0 aromatic heterocycles. The van der Waals surface area contributed by atoms with Crippen molar-refractivity contribution in [3.8, 4) is 0 Å². The van der Waals surface area contributed by atoms with Crippen molar-refractivity contribution < 1.29 is 5.11 Å². The average molecular weight is 268 g/mol. The Kier molecular flexibility index (Phi) is 5.67. The number of aliphatic hydroxyl groups excluding tert-OH is 1. The minimum atomic E-state index is -0.379. The van der Waals surface area contributed by atoms with Gasteiger partial charge in [-0.2, -0.15) is 0 Å². The van der Waals surface area contributed by atoms with Gasteiger partial charge < -0.3 is 15.7 Å². The molecule has 0 aromatic rings. The fourth-order valence-corrected chi connectivity index (χ4v) is 3.82. The molecule has 1 aliphatic heterocycles. The number of rotatable bonds is 6. The minimum Gasteiger partial charge on any atom is -0.394 e. The van der Waals surface area contributed by atoms with Crippen LogP contribution in [0.5, 0.6) is 0 Å². The summed E-state index contributed by atoms with van der Waals surface area (Å²) in [5, 5.41) is 9.14. The van der Waals surface area contributed by atoms with Crippen molar-refractivity contribution in [2.45, 2.75) is 63.8 Å². The van der Waals surface area contributed by atoms with E-state index in [1.54, 1.807) is 0 Å². The lowest BCUT2D eigenvalue weighted by Crippen LogP contribution is -2.42. The van der Waals surface area contributed by atoms with Gasteiger partial charge in [-0.1, -0.05) is 25.7 Å². The lowest BCUT2D eigenvalue weighted by molar-refractivity contribution is 0.0849. The van der Waals surface area contributed by atoms with Crippen LogP contribution in [0.3, 0.4) is 0 Å². The van der Waals surface area contributed by atoms with Gasteiger partial charge in [-0.3, -0.25) is 0 Å². The van der Waals surface area contributed by atoms with Crippen molar-refractivity contribution in [2.75, 3.05) is 26.2 Å². The van der Waals surface area contributed by atoms with Crippen LogP contribution in [-0.2, 0) is 0 Å². The highest BCUT2D eigenvalue weighted by Crippen LogP contribution is 2.36. The first-order chi connectivity index (χ1) is 9.11. The second kappa shape index (κ2) is 7.05. The Balaban J connectivity index is 1.62. The van der Waals surface area contributed by atoms with Crippen molar-refractivity contribution >= 4 is 0 Å². The number of nitrogens with two attached hydrogens (primary N) is 1. The van der Waals surface area contributed by atoms with E-state index in [1.807, 2.05) is 6.92 Å². The summed E-state index contributed by atoms with van der Waals surface area (Å²) in [5.74, 6) is 2.02. The number of likely N-dealkylation sites (tertiary alicyclic amines) is 1. The van der Waals surface area contributed by atoms with Gasteiger partial charge in [0.1, 0.15) is 0 Å². The number of nitrogens with zero attached hydrogens (tertiary/aromatic N) is 1. The van der Waals surface area contributed by atoms with Crippen LogP contribution in [0, 0.1) is 11.8 Å². The standard InChI is InChI=1S/C16H32N2O/c1-16(17,13-19)9-4-5-10-18-11-8-14-6-2-3-7-15(14)12-18/h14-15,19H,2-13,17H2,1H3. The lowest BCUT2D eigenvalue weighted by Gasteiger charge is -2.41. The van der Waals surface area contributed by atoms with E-state index in [4.69, 9.17) is 10.8 Å². The molecule has 3 nitrogen and oxygen atoms in total. The largest absolute Gasteiger partial charge is 0.394 e. The molecule has 0 bridgehead atoms. The van der Waals surface area contributed by atoms with Crippen LogP contribution in [0.15, 0.2) is 0 Å². The molecule has 3 atom stereocenters. The third-order valence-electron chi connectivity index (χ3n) is 5.21. The predicted molar refractivity (Wildman–Crippen MR) is 80.0 cm³/mol. The molecule has 1 heterocycles. The number of hydrogen-bond acceptors (Lipinski definition) is 3. The van der Waals surface area contributed by atoms with E-state index >= 15 is 0 Å². The van der Waals surface area contributed by atoms with Crippen LogP contribution < -0.4 is 5.73 Å². The van der Waals surface area contributed by atoms with Crippen LogP contribution >= 0.6 is 0 Å². The Morgan fingerprint density at radius 2 is 1.89 bits per heavy atom. The van der Waals surface area contributed by atoms with Crippen molar-refractivity contribution in [3.05, 3.63) is 0 Å². The summed E-state index contributed by atoms with van der Waals surface area (Å²) in [6.45, 7) is 5.91. The highest BCUT2D eigenvalue weighted by Gasteiger charge is 2.30. The van der Waals surface area contributed by atoms with Crippen molar-refractivity contribution in [3.63, 3.8) is 0 Å². The zero-order valence-corrected chi connectivity index (χ0v) is 12.6. The highest BCUT2D eigenvalue weighted by atomic mass is 16.3. The van der Waals surface area contributed by atoms with E-state index in [0.717, 1.165) is 24.7 Å². The zero-order valence-electron chi connectivity index (χ0n) is 12.6. The van der Waals surface area contributed by atoms with Crippen LogP contribution in [-0.4, -0.2) is 41.8 Å². The van der Waals surface area contributed by atoms with Crippen LogP contribution in [0.1, 0.15) is 58.3 Å². The summed E-state index contributed by atoms with van der Waals surface area (Å²) in [6.07, 6.45) is 10.6. The van der Waals surface area contributed by atoms with Gasteiger partial charge in [-0.05, 0) is 57.5 Å². The molecule has 3 unspecified atom stereocenters. The van der Waals surface area contributed by atoms with Gasteiger partial charge in [0.25, 0.3) is 0 Å². The topological polar surface area (TPSA) is 49.5 Å². The maximum absolute atomic E-state index is 9.14. The third kappa shape index (κ3) is 4.73. The van der Waals surface area contributed by atoms with E-state index in [0.29, 0.717) is 0 Å². The van der Waals surface area contributed by atoms with Crippen molar-refractivity contribution in [2.24, 2.45) is 17.6 Å². The number of aliphatic hydroxyl groups is 1. The first kappa shape index (κ1) is 15.3. The highest BCUT2D eigenvalue weighted by molar-refractivity contribution is 4.83. The molecule has 0 amide bonds. The van der Waals surface area contributed by atoms with E-state index in [1.165, 1.54) is 58.2 Å². The summed E-state index contributed by atoms with van der Waals surface area (Å²) in [6, 6.07) is 0. The zero-order chi connectivity index (χ0) is 13.7. The smallest absolute Gasteiger partial charge is 0.0608 e. The number of fused-ring (bicyclic) bond motifs is 1. The third-order valence-corrected chi connectivity index (χ3v) is 5.21. The van der Waals surface area contributed by atoms with Crippen LogP contribution in [0.2, 0.25) is 0 Å².